The molecule has 0 bridgehead atoms. The van der Waals surface area contributed by atoms with Gasteiger partial charge < -0.3 is 19.4 Å². The Balaban J connectivity index is 1.66. The van der Waals surface area contributed by atoms with E-state index in [2.05, 4.69) is 31.1 Å². The lowest BCUT2D eigenvalue weighted by atomic mass is 10.1. The van der Waals surface area contributed by atoms with Crippen LogP contribution in [-0.2, 0) is 10.3 Å². The number of nitrogens with one attached hydrogen (secondary N) is 1. The smallest absolute Gasteiger partial charge is 0.253 e. The van der Waals surface area contributed by atoms with Crippen LogP contribution in [0.15, 0.2) is 42.9 Å². The van der Waals surface area contributed by atoms with E-state index < -0.39 is 0 Å². The summed E-state index contributed by atoms with van der Waals surface area (Å²) < 4.78 is 13.5. The van der Waals surface area contributed by atoms with E-state index in [4.69, 9.17) is 9.47 Å². The Morgan fingerprint density at radius 1 is 1.36 bits per heavy atom. The Bertz CT molecular complexity index is 706. The summed E-state index contributed by atoms with van der Waals surface area (Å²) in [5.41, 5.74) is 0.597. The summed E-state index contributed by atoms with van der Waals surface area (Å²) in [6.07, 6.45) is 5.95. The maximum Gasteiger partial charge on any atom is 0.253 e. The molecule has 3 rings (SSSR count). The lowest BCUT2D eigenvalue weighted by Gasteiger charge is -2.32. The van der Waals surface area contributed by atoms with Crippen LogP contribution in [0.25, 0.3) is 0 Å². The minimum Gasteiger partial charge on any atom is -0.470 e. The average Bonchev–Trinajstić information content (AvgIpc) is 3.08. The first-order valence-electron chi connectivity index (χ1n) is 8.58. The van der Waals surface area contributed by atoms with Crippen LogP contribution in [0.2, 0.25) is 0 Å². The first-order chi connectivity index (χ1) is 11.9. The van der Waals surface area contributed by atoms with Crippen molar-refractivity contribution in [1.29, 1.82) is 0 Å². The van der Waals surface area contributed by atoms with Gasteiger partial charge in [0.2, 0.25) is 5.88 Å². The molecule has 1 saturated heterocycles. The molecular weight excluding hydrogens is 318 g/mol. The minimum absolute atomic E-state index is 0.0537. The second-order valence-corrected chi connectivity index (χ2v) is 7.25. The first-order valence-corrected chi connectivity index (χ1v) is 8.58. The highest BCUT2D eigenvalue weighted by Gasteiger charge is 2.30. The maximum atomic E-state index is 12.6. The van der Waals surface area contributed by atoms with E-state index in [-0.39, 0.29) is 23.6 Å². The summed E-state index contributed by atoms with van der Waals surface area (Å²) in [6, 6.07) is 7.24. The molecule has 134 valence electrons. The summed E-state index contributed by atoms with van der Waals surface area (Å²) in [6.45, 7) is 7.35. The van der Waals surface area contributed by atoms with Gasteiger partial charge in [-0.2, -0.15) is 0 Å². The lowest BCUT2D eigenvalue weighted by molar-refractivity contribution is -0.0152. The molecule has 0 radical (unpaired) electrons. The molecule has 1 aliphatic heterocycles. The number of carbonyl (C=O) groups excluding carboxylic acids is 1. The second-order valence-electron chi connectivity index (χ2n) is 7.25. The Morgan fingerprint density at radius 3 is 2.88 bits per heavy atom. The van der Waals surface area contributed by atoms with E-state index in [0.29, 0.717) is 31.1 Å². The Hall–Kier alpha value is -2.34. The topological polar surface area (TPSA) is 65.4 Å². The number of hydrogen-bond acceptors (Lipinski definition) is 4. The van der Waals surface area contributed by atoms with E-state index in [0.717, 1.165) is 0 Å². The predicted octanol–water partition coefficient (Wildman–Crippen LogP) is 2.60. The summed E-state index contributed by atoms with van der Waals surface area (Å²) in [4.78, 5) is 16.8. The lowest BCUT2D eigenvalue weighted by Crippen LogP contribution is -2.51. The molecule has 1 aliphatic rings. The molecule has 1 N–H and O–H groups in total. The number of carbonyl (C=O) groups is 1. The number of amides is 1. The van der Waals surface area contributed by atoms with Gasteiger partial charge in [0.1, 0.15) is 6.10 Å². The van der Waals surface area contributed by atoms with E-state index in [1.165, 1.54) is 0 Å². The Labute approximate surface area is 148 Å². The standard InChI is InChI=1S/C19H25N3O3/c1-19(2,3)22-10-7-14(12-22)18(23)21-15-8-11-24-13-16(15)25-17-6-4-5-9-20-17/h4-7,9-10,12,15-16H,8,11,13H2,1-3H3,(H,21,23)/t15-,16-/m1/s1. The summed E-state index contributed by atoms with van der Waals surface area (Å²) in [7, 11) is 0. The average molecular weight is 343 g/mol. The van der Waals surface area contributed by atoms with Crippen molar-refractivity contribution in [3.63, 3.8) is 0 Å². The van der Waals surface area contributed by atoms with Crippen molar-refractivity contribution >= 4 is 5.91 Å². The molecule has 1 amide bonds. The van der Waals surface area contributed by atoms with Gasteiger partial charge in [-0.1, -0.05) is 6.07 Å². The van der Waals surface area contributed by atoms with Gasteiger partial charge in [0.05, 0.1) is 18.2 Å². The quantitative estimate of drug-likeness (QED) is 0.927. The molecule has 0 saturated carbocycles. The molecule has 0 unspecified atom stereocenters. The van der Waals surface area contributed by atoms with Gasteiger partial charge in [0.25, 0.3) is 5.91 Å². The fourth-order valence-electron chi connectivity index (χ4n) is 2.76. The number of pyridine rings is 1. The number of nitrogens with zero attached hydrogens (tertiary/aromatic N) is 2. The van der Waals surface area contributed by atoms with E-state index in [9.17, 15) is 4.79 Å². The highest BCUT2D eigenvalue weighted by Crippen LogP contribution is 2.18. The second kappa shape index (κ2) is 7.27. The molecule has 0 spiro atoms. The zero-order valence-electron chi connectivity index (χ0n) is 14.9. The summed E-state index contributed by atoms with van der Waals surface area (Å²) in [5, 5.41) is 3.09. The molecule has 2 aromatic heterocycles. The third-order valence-corrected chi connectivity index (χ3v) is 4.26. The van der Waals surface area contributed by atoms with Crippen LogP contribution in [0.5, 0.6) is 5.88 Å². The molecule has 2 aromatic rings. The largest absolute Gasteiger partial charge is 0.470 e. The number of aromatic nitrogens is 2. The van der Waals surface area contributed by atoms with Gasteiger partial charge in [-0.25, -0.2) is 4.98 Å². The van der Waals surface area contributed by atoms with Crippen molar-refractivity contribution in [3.8, 4) is 5.88 Å². The predicted molar refractivity (Wildman–Crippen MR) is 94.8 cm³/mol. The molecule has 25 heavy (non-hydrogen) atoms. The SMILES string of the molecule is CC(C)(C)n1ccc(C(=O)N[C@@H]2CCOC[C@H]2Oc2ccccn2)c1. The molecular formula is C19H25N3O3. The van der Waals surface area contributed by atoms with Crippen molar-refractivity contribution < 1.29 is 14.3 Å². The van der Waals surface area contributed by atoms with Crippen molar-refractivity contribution in [2.45, 2.75) is 44.9 Å². The van der Waals surface area contributed by atoms with Crippen molar-refractivity contribution in [2.24, 2.45) is 0 Å². The van der Waals surface area contributed by atoms with Crippen LogP contribution >= 0.6 is 0 Å². The van der Waals surface area contributed by atoms with Crippen LogP contribution in [-0.4, -0.2) is 40.8 Å². The van der Waals surface area contributed by atoms with Crippen LogP contribution in [0.4, 0.5) is 0 Å². The monoisotopic (exact) mass is 343 g/mol. The van der Waals surface area contributed by atoms with Crippen molar-refractivity contribution in [3.05, 3.63) is 48.4 Å². The van der Waals surface area contributed by atoms with Crippen LogP contribution in [0.1, 0.15) is 37.6 Å². The summed E-state index contributed by atoms with van der Waals surface area (Å²) >= 11 is 0. The van der Waals surface area contributed by atoms with E-state index in [1.54, 1.807) is 12.3 Å². The van der Waals surface area contributed by atoms with Gasteiger partial charge in [-0.15, -0.1) is 0 Å². The van der Waals surface area contributed by atoms with Crippen LogP contribution < -0.4 is 10.1 Å². The van der Waals surface area contributed by atoms with E-state index >= 15 is 0 Å². The highest BCUT2D eigenvalue weighted by atomic mass is 16.5. The Kier molecular flexibility index (Phi) is 5.08. The number of hydrogen-bond donors (Lipinski definition) is 1. The molecule has 1 fully saturated rings. The van der Waals surface area contributed by atoms with Crippen molar-refractivity contribution in [2.75, 3.05) is 13.2 Å². The van der Waals surface area contributed by atoms with Gasteiger partial charge in [-0.3, -0.25) is 4.79 Å². The molecule has 3 heterocycles. The van der Waals surface area contributed by atoms with Gasteiger partial charge >= 0.3 is 0 Å². The third kappa shape index (κ3) is 4.39. The van der Waals surface area contributed by atoms with Crippen molar-refractivity contribution in [1.82, 2.24) is 14.9 Å². The molecule has 6 nitrogen and oxygen atoms in total. The minimum atomic E-state index is -0.252. The Morgan fingerprint density at radius 2 is 2.20 bits per heavy atom. The number of rotatable bonds is 4. The molecule has 0 aromatic carbocycles. The van der Waals surface area contributed by atoms with Crippen LogP contribution in [0.3, 0.4) is 0 Å². The fraction of sp³-hybridized carbons (Fsp3) is 0.474. The van der Waals surface area contributed by atoms with Gasteiger partial charge in [-0.05, 0) is 39.3 Å². The highest BCUT2D eigenvalue weighted by molar-refractivity contribution is 5.94. The van der Waals surface area contributed by atoms with Gasteiger partial charge in [0.15, 0.2) is 0 Å². The maximum absolute atomic E-state index is 12.6. The number of ether oxygens (including phenoxy) is 2. The normalized spacial score (nSPS) is 20.9. The first kappa shape index (κ1) is 17.5. The third-order valence-electron chi connectivity index (χ3n) is 4.26. The van der Waals surface area contributed by atoms with Crippen LogP contribution in [0, 0.1) is 0 Å². The molecule has 0 aliphatic carbocycles. The van der Waals surface area contributed by atoms with Gasteiger partial charge in [0, 0.05) is 36.8 Å². The zero-order chi connectivity index (χ0) is 17.9. The molecule has 2 atom stereocenters. The molecule has 6 heteroatoms. The van der Waals surface area contributed by atoms with E-state index in [1.807, 2.05) is 35.2 Å². The zero-order valence-corrected chi connectivity index (χ0v) is 14.9. The fourth-order valence-corrected chi connectivity index (χ4v) is 2.76. The summed E-state index contributed by atoms with van der Waals surface area (Å²) in [5.74, 6) is 0.445.